The van der Waals surface area contributed by atoms with E-state index in [4.69, 9.17) is 4.74 Å². The van der Waals surface area contributed by atoms with Gasteiger partial charge in [-0.2, -0.15) is 0 Å². The summed E-state index contributed by atoms with van der Waals surface area (Å²) in [7, 11) is 1.64. The van der Waals surface area contributed by atoms with Crippen molar-refractivity contribution in [2.45, 2.75) is 37.7 Å². The molecule has 0 aliphatic rings. The first-order chi connectivity index (χ1) is 8.91. The van der Waals surface area contributed by atoms with E-state index in [1.807, 2.05) is 50.3 Å². The highest BCUT2D eigenvalue weighted by molar-refractivity contribution is 5.36. The molecular formula is C17H24O2. The highest BCUT2D eigenvalue weighted by atomic mass is 16.5. The quantitative estimate of drug-likeness (QED) is 0.754. The average molecular weight is 260 g/mol. The Hall–Kier alpha value is -1.54. The lowest BCUT2D eigenvalue weighted by molar-refractivity contribution is -0.00573. The molecule has 0 amide bonds. The molecule has 0 spiro atoms. The summed E-state index contributed by atoms with van der Waals surface area (Å²) in [5.41, 5.74) is -0.215. The summed E-state index contributed by atoms with van der Waals surface area (Å²) < 4.78 is 5.18. The zero-order chi connectivity index (χ0) is 14.5. The molecule has 1 N–H and O–H groups in total. The molecule has 1 rings (SSSR count). The van der Waals surface area contributed by atoms with Crippen LogP contribution in [0.5, 0.6) is 5.75 Å². The van der Waals surface area contributed by atoms with E-state index < -0.39 is 11.0 Å². The van der Waals surface area contributed by atoms with Crippen LogP contribution in [-0.4, -0.2) is 17.8 Å². The molecule has 2 heteroatoms. The Labute approximate surface area is 116 Å². The first-order valence-electron chi connectivity index (χ1n) is 6.50. The maximum Gasteiger partial charge on any atom is 0.118 e. The van der Waals surface area contributed by atoms with Crippen molar-refractivity contribution in [3.8, 4) is 5.75 Å². The van der Waals surface area contributed by atoms with Crippen molar-refractivity contribution in [1.29, 1.82) is 0 Å². The molecule has 0 aromatic heterocycles. The summed E-state index contributed by atoms with van der Waals surface area (Å²) in [5, 5.41) is 10.6. The lowest BCUT2D eigenvalue weighted by Gasteiger charge is -2.43. The van der Waals surface area contributed by atoms with E-state index in [1.54, 1.807) is 7.11 Å². The number of benzene rings is 1. The molecule has 1 aromatic carbocycles. The second-order valence-corrected chi connectivity index (χ2v) is 5.36. The molecule has 0 radical (unpaired) electrons. The Bertz CT molecular complexity index is 414. The van der Waals surface area contributed by atoms with Crippen LogP contribution in [0.25, 0.3) is 0 Å². The lowest BCUT2D eigenvalue weighted by Crippen LogP contribution is -2.46. The van der Waals surface area contributed by atoms with Gasteiger partial charge in [0.2, 0.25) is 0 Å². The minimum absolute atomic E-state index is 0.414. The Morgan fingerprint density at radius 3 is 1.89 bits per heavy atom. The zero-order valence-electron chi connectivity index (χ0n) is 12.1. The summed E-state index contributed by atoms with van der Waals surface area (Å²) in [6.07, 6.45) is 5.08. The van der Waals surface area contributed by atoms with Crippen molar-refractivity contribution < 1.29 is 9.84 Å². The van der Waals surface area contributed by atoms with Crippen molar-refractivity contribution in [2.24, 2.45) is 0 Å². The monoisotopic (exact) mass is 260 g/mol. The molecule has 0 aliphatic heterocycles. The summed E-state index contributed by atoms with van der Waals surface area (Å²) in [6, 6.07) is 7.84. The molecule has 0 aliphatic carbocycles. The van der Waals surface area contributed by atoms with Gasteiger partial charge in [0.25, 0.3) is 0 Å². The number of rotatable bonds is 7. The minimum Gasteiger partial charge on any atom is -0.497 e. The maximum absolute atomic E-state index is 10.6. The number of hydrogen-bond acceptors (Lipinski definition) is 2. The summed E-state index contributed by atoms with van der Waals surface area (Å²) in [4.78, 5) is 0. The van der Waals surface area contributed by atoms with Gasteiger partial charge < -0.3 is 9.84 Å². The molecule has 104 valence electrons. The van der Waals surface area contributed by atoms with E-state index in [0.29, 0.717) is 12.8 Å². The van der Waals surface area contributed by atoms with E-state index >= 15 is 0 Å². The molecule has 0 unspecified atom stereocenters. The van der Waals surface area contributed by atoms with Gasteiger partial charge >= 0.3 is 0 Å². The third-order valence-corrected chi connectivity index (χ3v) is 3.80. The number of aliphatic hydroxyl groups is 1. The molecule has 0 atom stereocenters. The van der Waals surface area contributed by atoms with E-state index in [1.165, 1.54) is 0 Å². The van der Waals surface area contributed by atoms with Crippen molar-refractivity contribution >= 4 is 0 Å². The van der Waals surface area contributed by atoms with Crippen LogP contribution in [0.2, 0.25) is 0 Å². The zero-order valence-corrected chi connectivity index (χ0v) is 12.1. The summed E-state index contributed by atoms with van der Waals surface area (Å²) >= 11 is 0. The molecule has 0 fully saturated rings. The number of ether oxygens (including phenoxy) is 1. The van der Waals surface area contributed by atoms with Gasteiger partial charge in [-0.15, -0.1) is 13.2 Å². The van der Waals surface area contributed by atoms with E-state index in [0.717, 1.165) is 11.3 Å². The van der Waals surface area contributed by atoms with Crippen LogP contribution < -0.4 is 4.74 Å². The topological polar surface area (TPSA) is 29.5 Å². The van der Waals surface area contributed by atoms with Gasteiger partial charge in [-0.05, 0) is 44.4 Å². The Morgan fingerprint density at radius 2 is 1.58 bits per heavy atom. The maximum atomic E-state index is 10.6. The molecule has 0 saturated carbocycles. The SMILES string of the molecule is C=CCC(CC=C)(c1ccc(OC)cc1)C(C)(C)O. The highest BCUT2D eigenvalue weighted by Crippen LogP contribution is 2.42. The summed E-state index contributed by atoms with van der Waals surface area (Å²) in [5.74, 6) is 0.811. The standard InChI is InChI=1S/C17H24O2/c1-6-12-17(13-7-2,16(3,4)18)14-8-10-15(19-5)11-9-14/h6-11,18H,1-2,12-13H2,3-5H3. The van der Waals surface area contributed by atoms with Crippen LogP contribution in [0.4, 0.5) is 0 Å². The molecule has 0 saturated heterocycles. The van der Waals surface area contributed by atoms with Crippen LogP contribution in [0.3, 0.4) is 0 Å². The minimum atomic E-state index is -0.871. The lowest BCUT2D eigenvalue weighted by atomic mass is 9.64. The fraction of sp³-hybridized carbons (Fsp3) is 0.412. The smallest absolute Gasteiger partial charge is 0.118 e. The number of methoxy groups -OCH3 is 1. The summed E-state index contributed by atoms with van der Waals surface area (Å²) in [6.45, 7) is 11.3. The number of allylic oxidation sites excluding steroid dienone is 2. The third-order valence-electron chi connectivity index (χ3n) is 3.80. The fourth-order valence-corrected chi connectivity index (χ4v) is 2.57. The van der Waals surface area contributed by atoms with Gasteiger partial charge in [0.1, 0.15) is 5.75 Å². The highest BCUT2D eigenvalue weighted by Gasteiger charge is 2.43. The molecule has 2 nitrogen and oxygen atoms in total. The van der Waals surface area contributed by atoms with Gasteiger partial charge in [-0.1, -0.05) is 24.3 Å². The van der Waals surface area contributed by atoms with Gasteiger partial charge in [0.05, 0.1) is 12.7 Å². The van der Waals surface area contributed by atoms with Crippen LogP contribution in [0.15, 0.2) is 49.6 Å². The largest absolute Gasteiger partial charge is 0.497 e. The van der Waals surface area contributed by atoms with Gasteiger partial charge in [0.15, 0.2) is 0 Å². The van der Waals surface area contributed by atoms with Crippen LogP contribution in [-0.2, 0) is 5.41 Å². The average Bonchev–Trinajstić information content (AvgIpc) is 2.37. The predicted molar refractivity (Wildman–Crippen MR) is 80.6 cm³/mol. The van der Waals surface area contributed by atoms with Crippen LogP contribution >= 0.6 is 0 Å². The van der Waals surface area contributed by atoms with Gasteiger partial charge in [-0.25, -0.2) is 0 Å². The van der Waals surface area contributed by atoms with Crippen LogP contribution in [0, 0.1) is 0 Å². The van der Waals surface area contributed by atoms with E-state index in [2.05, 4.69) is 13.2 Å². The molecular weight excluding hydrogens is 236 g/mol. The van der Waals surface area contributed by atoms with Gasteiger partial charge in [0, 0.05) is 5.41 Å². The van der Waals surface area contributed by atoms with Crippen LogP contribution in [0.1, 0.15) is 32.3 Å². The fourth-order valence-electron chi connectivity index (χ4n) is 2.57. The van der Waals surface area contributed by atoms with Gasteiger partial charge in [-0.3, -0.25) is 0 Å². The molecule has 0 heterocycles. The Morgan fingerprint density at radius 1 is 1.11 bits per heavy atom. The van der Waals surface area contributed by atoms with Crippen molar-refractivity contribution in [1.82, 2.24) is 0 Å². The third kappa shape index (κ3) is 3.07. The Balaban J connectivity index is 3.34. The second-order valence-electron chi connectivity index (χ2n) is 5.36. The van der Waals surface area contributed by atoms with Crippen molar-refractivity contribution in [3.63, 3.8) is 0 Å². The first-order valence-corrected chi connectivity index (χ1v) is 6.50. The molecule has 1 aromatic rings. The number of hydrogen-bond donors (Lipinski definition) is 1. The first kappa shape index (κ1) is 15.5. The Kier molecular flexibility index (Phi) is 4.96. The van der Waals surface area contributed by atoms with Crippen molar-refractivity contribution in [3.05, 3.63) is 55.1 Å². The van der Waals surface area contributed by atoms with E-state index in [9.17, 15) is 5.11 Å². The molecule has 0 bridgehead atoms. The molecule has 19 heavy (non-hydrogen) atoms. The predicted octanol–water partition coefficient (Wildman–Crippen LogP) is 3.86. The van der Waals surface area contributed by atoms with E-state index in [-0.39, 0.29) is 0 Å². The van der Waals surface area contributed by atoms with Crippen molar-refractivity contribution in [2.75, 3.05) is 7.11 Å². The second kappa shape index (κ2) is 6.07. The normalized spacial score (nSPS) is 12.0.